The molecule has 3 N–H and O–H groups in total. The minimum absolute atomic E-state index is 0.0385. The Balaban J connectivity index is 2.05. The summed E-state index contributed by atoms with van der Waals surface area (Å²) in [6.07, 6.45) is 8.13. The van der Waals surface area contributed by atoms with Crippen molar-refractivity contribution >= 4 is 5.91 Å². The van der Waals surface area contributed by atoms with E-state index in [1.54, 1.807) is 13.3 Å². The zero-order valence-corrected chi connectivity index (χ0v) is 15.1. The molecule has 1 heterocycles. The smallest absolute Gasteiger partial charge is 0.220 e. The second-order valence-electron chi connectivity index (χ2n) is 6.12. The topological polar surface area (TPSA) is 82.2 Å². The molecule has 2 rings (SSSR count). The van der Waals surface area contributed by atoms with Gasteiger partial charge < -0.3 is 20.4 Å². The van der Waals surface area contributed by atoms with E-state index in [0.29, 0.717) is 13.0 Å². The van der Waals surface area contributed by atoms with Crippen LogP contribution in [0.1, 0.15) is 49.5 Å². The van der Waals surface area contributed by atoms with Gasteiger partial charge in [-0.15, -0.1) is 0 Å². The van der Waals surface area contributed by atoms with E-state index in [4.69, 9.17) is 10.5 Å². The molecule has 0 aliphatic heterocycles. The first-order chi connectivity index (χ1) is 12.2. The van der Waals surface area contributed by atoms with E-state index in [1.165, 1.54) is 0 Å². The second-order valence-corrected chi connectivity index (χ2v) is 6.12. The number of nitrogens with one attached hydrogen (secondary N) is 1. The monoisotopic (exact) mass is 344 g/mol. The number of carbonyl (C=O) groups is 1. The third kappa shape index (κ3) is 5.60. The summed E-state index contributed by atoms with van der Waals surface area (Å²) in [5.74, 6) is 1.63. The maximum Gasteiger partial charge on any atom is 0.220 e. The van der Waals surface area contributed by atoms with Crippen LogP contribution in [0.4, 0.5) is 0 Å². The highest BCUT2D eigenvalue weighted by Crippen LogP contribution is 2.23. The zero-order valence-electron chi connectivity index (χ0n) is 15.1. The van der Waals surface area contributed by atoms with Crippen LogP contribution in [0, 0.1) is 0 Å². The van der Waals surface area contributed by atoms with Gasteiger partial charge in [0.2, 0.25) is 5.91 Å². The second kappa shape index (κ2) is 9.84. The highest BCUT2D eigenvalue weighted by molar-refractivity contribution is 5.76. The zero-order chi connectivity index (χ0) is 18.1. The van der Waals surface area contributed by atoms with Gasteiger partial charge in [-0.05, 0) is 37.1 Å². The standard InChI is InChI=1S/C19H28N4O2/c1-23-14-13-21-19(23)18(15-8-10-16(25-2)11-9-15)22-17(24)7-5-3-4-6-12-20/h8-11,13-14,18H,3-7,12,20H2,1-2H3,(H,22,24). The Bertz CT molecular complexity index is 652. The van der Waals surface area contributed by atoms with Crippen LogP contribution in [-0.4, -0.2) is 29.1 Å². The number of nitrogens with two attached hydrogens (primary N) is 1. The molecule has 0 saturated carbocycles. The highest BCUT2D eigenvalue weighted by atomic mass is 16.5. The van der Waals surface area contributed by atoms with E-state index in [2.05, 4.69) is 10.3 Å². The molecule has 0 aliphatic rings. The summed E-state index contributed by atoms with van der Waals surface area (Å²) in [5.41, 5.74) is 6.47. The number of hydrogen-bond acceptors (Lipinski definition) is 4. The van der Waals surface area contributed by atoms with Gasteiger partial charge in [-0.3, -0.25) is 4.79 Å². The summed E-state index contributed by atoms with van der Waals surface area (Å²) in [7, 11) is 3.56. The lowest BCUT2D eigenvalue weighted by Gasteiger charge is -2.19. The fourth-order valence-electron chi connectivity index (χ4n) is 2.77. The van der Waals surface area contributed by atoms with Crippen LogP contribution < -0.4 is 15.8 Å². The molecule has 0 saturated heterocycles. The van der Waals surface area contributed by atoms with Gasteiger partial charge in [0.1, 0.15) is 17.6 Å². The molecule has 6 nitrogen and oxygen atoms in total. The Kier molecular flexibility index (Phi) is 7.47. The minimum atomic E-state index is -0.276. The number of methoxy groups -OCH3 is 1. The van der Waals surface area contributed by atoms with Crippen molar-refractivity contribution in [3.63, 3.8) is 0 Å². The molecular weight excluding hydrogens is 316 g/mol. The fraction of sp³-hybridized carbons (Fsp3) is 0.474. The molecule has 1 amide bonds. The first-order valence-electron chi connectivity index (χ1n) is 8.76. The van der Waals surface area contributed by atoms with Crippen LogP contribution >= 0.6 is 0 Å². The SMILES string of the molecule is COc1ccc(C(NC(=O)CCCCCCN)c2nccn2C)cc1. The number of imidazole rings is 1. The van der Waals surface area contributed by atoms with Gasteiger partial charge >= 0.3 is 0 Å². The van der Waals surface area contributed by atoms with Crippen molar-refractivity contribution in [1.82, 2.24) is 14.9 Å². The summed E-state index contributed by atoms with van der Waals surface area (Å²) < 4.78 is 7.14. The van der Waals surface area contributed by atoms with Crippen LogP contribution in [0.15, 0.2) is 36.7 Å². The van der Waals surface area contributed by atoms with Crippen LogP contribution in [0.25, 0.3) is 0 Å². The maximum atomic E-state index is 12.4. The Labute approximate surface area is 149 Å². The number of hydrogen-bond donors (Lipinski definition) is 2. The number of benzene rings is 1. The lowest BCUT2D eigenvalue weighted by molar-refractivity contribution is -0.121. The molecule has 0 radical (unpaired) electrons. The van der Waals surface area contributed by atoms with Gasteiger partial charge in [0.05, 0.1) is 7.11 Å². The Morgan fingerprint density at radius 1 is 1.24 bits per heavy atom. The highest BCUT2D eigenvalue weighted by Gasteiger charge is 2.20. The first-order valence-corrected chi connectivity index (χ1v) is 8.76. The summed E-state index contributed by atoms with van der Waals surface area (Å²) in [6.45, 7) is 0.713. The third-order valence-electron chi connectivity index (χ3n) is 4.23. The third-order valence-corrected chi connectivity index (χ3v) is 4.23. The van der Waals surface area contributed by atoms with Crippen molar-refractivity contribution in [2.75, 3.05) is 13.7 Å². The molecule has 0 aliphatic carbocycles. The summed E-state index contributed by atoms with van der Waals surface area (Å²) in [5, 5.41) is 3.12. The molecule has 136 valence electrons. The summed E-state index contributed by atoms with van der Waals surface area (Å²) >= 11 is 0. The lowest BCUT2D eigenvalue weighted by Crippen LogP contribution is -2.30. The van der Waals surface area contributed by atoms with E-state index >= 15 is 0 Å². The van der Waals surface area contributed by atoms with E-state index in [0.717, 1.165) is 42.8 Å². The number of carbonyl (C=O) groups excluding carboxylic acids is 1. The van der Waals surface area contributed by atoms with Gasteiger partial charge in [-0.25, -0.2) is 4.98 Å². The van der Waals surface area contributed by atoms with Crippen LogP contribution in [0.5, 0.6) is 5.75 Å². The molecule has 2 aromatic rings. The normalized spacial score (nSPS) is 12.0. The Morgan fingerprint density at radius 3 is 2.56 bits per heavy atom. The largest absolute Gasteiger partial charge is 0.497 e. The molecular formula is C19H28N4O2. The molecule has 25 heavy (non-hydrogen) atoms. The average Bonchev–Trinajstić information content (AvgIpc) is 3.05. The van der Waals surface area contributed by atoms with E-state index in [9.17, 15) is 4.79 Å². The molecule has 0 bridgehead atoms. The van der Waals surface area contributed by atoms with Crippen LogP contribution in [0.3, 0.4) is 0 Å². The number of nitrogens with zero attached hydrogens (tertiary/aromatic N) is 2. The number of ether oxygens (including phenoxy) is 1. The number of unbranched alkanes of at least 4 members (excludes halogenated alkanes) is 3. The van der Waals surface area contributed by atoms with Crippen molar-refractivity contribution in [3.8, 4) is 5.75 Å². The molecule has 6 heteroatoms. The minimum Gasteiger partial charge on any atom is -0.497 e. The lowest BCUT2D eigenvalue weighted by atomic mass is 10.0. The number of rotatable bonds is 10. The van der Waals surface area contributed by atoms with E-state index in [1.807, 2.05) is 42.1 Å². The van der Waals surface area contributed by atoms with Crippen molar-refractivity contribution in [2.45, 2.75) is 38.1 Å². The van der Waals surface area contributed by atoms with Crippen LogP contribution in [0.2, 0.25) is 0 Å². The van der Waals surface area contributed by atoms with Crippen molar-refractivity contribution < 1.29 is 9.53 Å². The predicted octanol–water partition coefficient (Wildman–Crippen LogP) is 2.54. The van der Waals surface area contributed by atoms with Gasteiger partial charge in [-0.1, -0.05) is 25.0 Å². The molecule has 0 spiro atoms. The molecule has 1 aromatic carbocycles. The quantitative estimate of drug-likeness (QED) is 0.649. The van der Waals surface area contributed by atoms with Gasteiger partial charge in [-0.2, -0.15) is 0 Å². The molecule has 0 fully saturated rings. The van der Waals surface area contributed by atoms with Crippen LogP contribution in [-0.2, 0) is 11.8 Å². The Morgan fingerprint density at radius 2 is 1.96 bits per heavy atom. The number of aromatic nitrogens is 2. The maximum absolute atomic E-state index is 12.4. The van der Waals surface area contributed by atoms with Crippen molar-refractivity contribution in [2.24, 2.45) is 12.8 Å². The van der Waals surface area contributed by atoms with E-state index < -0.39 is 0 Å². The number of amides is 1. The molecule has 1 atom stereocenters. The van der Waals surface area contributed by atoms with Gasteiger partial charge in [0.25, 0.3) is 0 Å². The Hall–Kier alpha value is -2.34. The number of aryl methyl sites for hydroxylation is 1. The van der Waals surface area contributed by atoms with Gasteiger partial charge in [0, 0.05) is 25.9 Å². The van der Waals surface area contributed by atoms with Crippen molar-refractivity contribution in [3.05, 3.63) is 48.0 Å². The summed E-state index contributed by atoms with van der Waals surface area (Å²) in [6, 6.07) is 7.43. The summed E-state index contributed by atoms with van der Waals surface area (Å²) in [4.78, 5) is 16.8. The molecule has 1 aromatic heterocycles. The van der Waals surface area contributed by atoms with Gasteiger partial charge in [0.15, 0.2) is 0 Å². The molecule has 1 unspecified atom stereocenters. The average molecular weight is 344 g/mol. The predicted molar refractivity (Wildman–Crippen MR) is 98.3 cm³/mol. The van der Waals surface area contributed by atoms with E-state index in [-0.39, 0.29) is 11.9 Å². The van der Waals surface area contributed by atoms with Crippen molar-refractivity contribution in [1.29, 1.82) is 0 Å². The first kappa shape index (κ1) is 19.0. The fourth-order valence-corrected chi connectivity index (χ4v) is 2.77.